The molecule has 0 radical (unpaired) electrons. The van der Waals surface area contributed by atoms with Crippen LogP contribution in [0.15, 0.2) is 60.9 Å². The van der Waals surface area contributed by atoms with Crippen molar-refractivity contribution in [3.63, 3.8) is 0 Å². The minimum atomic E-state index is -0.691. The van der Waals surface area contributed by atoms with Gasteiger partial charge in [0.25, 0.3) is 0 Å². The van der Waals surface area contributed by atoms with Crippen molar-refractivity contribution in [2.75, 3.05) is 10.6 Å². The Hall–Kier alpha value is -4.60. The second-order valence-corrected chi connectivity index (χ2v) is 10.3. The van der Waals surface area contributed by atoms with Gasteiger partial charge in [0.15, 0.2) is 0 Å². The fraction of sp³-hybridized carbons (Fsp3) is 0.241. The van der Waals surface area contributed by atoms with Crippen LogP contribution >= 0.6 is 0 Å². The van der Waals surface area contributed by atoms with Crippen molar-refractivity contribution in [3.05, 3.63) is 83.9 Å². The number of benzene rings is 2. The number of para-hydroxylation sites is 1. The second kappa shape index (κ2) is 9.94. The minimum absolute atomic E-state index is 0.00807. The third-order valence-electron chi connectivity index (χ3n) is 6.50. The van der Waals surface area contributed by atoms with Gasteiger partial charge in [0.05, 0.1) is 28.8 Å². The van der Waals surface area contributed by atoms with E-state index in [9.17, 15) is 9.18 Å². The maximum Gasteiger partial charge on any atom is 0.324 e. The summed E-state index contributed by atoms with van der Waals surface area (Å²) in [6, 6.07) is 11.7. The van der Waals surface area contributed by atoms with Crippen LogP contribution in [0.1, 0.15) is 39.1 Å². The summed E-state index contributed by atoms with van der Waals surface area (Å²) in [6.45, 7) is 7.91. The Labute approximate surface area is 224 Å². The molecule has 0 aliphatic carbocycles. The van der Waals surface area contributed by atoms with Crippen LogP contribution in [0, 0.1) is 11.6 Å². The molecule has 200 valence electrons. The van der Waals surface area contributed by atoms with Crippen LogP contribution in [-0.2, 0) is 18.9 Å². The number of nitrogens with zero attached hydrogens (tertiary/aromatic N) is 5. The number of fused-ring (bicyclic) bond motifs is 1. The van der Waals surface area contributed by atoms with Gasteiger partial charge in [0.1, 0.15) is 23.1 Å². The third-order valence-corrected chi connectivity index (χ3v) is 6.50. The number of halogens is 2. The molecule has 0 bridgehead atoms. The molecule has 5 rings (SSSR count). The monoisotopic (exact) mass is 529 g/mol. The van der Waals surface area contributed by atoms with Crippen LogP contribution in [0.25, 0.3) is 27.7 Å². The normalized spacial score (nSPS) is 11.7. The topological polar surface area (TPSA) is 89.7 Å². The van der Waals surface area contributed by atoms with Crippen LogP contribution in [0.5, 0.6) is 0 Å². The lowest BCUT2D eigenvalue weighted by atomic mass is 9.92. The van der Waals surface area contributed by atoms with Gasteiger partial charge >= 0.3 is 6.03 Å². The van der Waals surface area contributed by atoms with E-state index >= 15 is 4.39 Å². The van der Waals surface area contributed by atoms with Crippen LogP contribution in [0.4, 0.5) is 25.1 Å². The summed E-state index contributed by atoms with van der Waals surface area (Å²) in [6.07, 6.45) is 4.14. The summed E-state index contributed by atoms with van der Waals surface area (Å²) < 4.78 is 32.9. The Kier molecular flexibility index (Phi) is 6.63. The summed E-state index contributed by atoms with van der Waals surface area (Å²) in [7, 11) is 1.85. The molecule has 5 aromatic rings. The highest BCUT2D eigenvalue weighted by Gasteiger charge is 2.23. The molecule has 10 heteroatoms. The highest BCUT2D eigenvalue weighted by Crippen LogP contribution is 2.32. The molecule has 3 aromatic heterocycles. The molecule has 0 spiro atoms. The number of pyridine rings is 1. The highest BCUT2D eigenvalue weighted by atomic mass is 19.1. The number of aryl methyl sites for hydroxylation is 2. The summed E-state index contributed by atoms with van der Waals surface area (Å²) in [5, 5.41) is 15.2. The van der Waals surface area contributed by atoms with E-state index in [2.05, 4.69) is 25.8 Å². The molecule has 2 aromatic carbocycles. The van der Waals surface area contributed by atoms with Crippen LogP contribution in [0.2, 0.25) is 0 Å². The minimum Gasteiger partial charge on any atom is -0.305 e. The zero-order valence-corrected chi connectivity index (χ0v) is 22.4. The third kappa shape index (κ3) is 4.97. The Morgan fingerprint density at radius 1 is 0.974 bits per heavy atom. The number of rotatable bonds is 5. The Bertz CT molecular complexity index is 1700. The van der Waals surface area contributed by atoms with Gasteiger partial charge in [-0.3, -0.25) is 15.0 Å². The first kappa shape index (κ1) is 26.0. The van der Waals surface area contributed by atoms with Crippen molar-refractivity contribution in [1.29, 1.82) is 0 Å². The van der Waals surface area contributed by atoms with Crippen molar-refractivity contribution < 1.29 is 13.6 Å². The first-order chi connectivity index (χ1) is 18.6. The van der Waals surface area contributed by atoms with E-state index in [-0.39, 0.29) is 22.6 Å². The van der Waals surface area contributed by atoms with Crippen molar-refractivity contribution in [2.45, 2.75) is 39.5 Å². The number of hydrogen-bond donors (Lipinski definition) is 2. The molecule has 0 atom stereocenters. The van der Waals surface area contributed by atoms with Crippen molar-refractivity contribution in [1.82, 2.24) is 24.5 Å². The molecular formula is C29H29F2N7O. The van der Waals surface area contributed by atoms with E-state index < -0.39 is 17.7 Å². The molecule has 0 unspecified atom stereocenters. The Morgan fingerprint density at radius 2 is 1.74 bits per heavy atom. The Balaban J connectivity index is 1.43. The number of carbonyl (C=O) groups excluding carboxylic acids is 1. The fourth-order valence-corrected chi connectivity index (χ4v) is 4.45. The zero-order valence-electron chi connectivity index (χ0n) is 22.4. The van der Waals surface area contributed by atoms with Gasteiger partial charge in [-0.15, -0.1) is 0 Å². The molecule has 0 aliphatic heterocycles. The summed E-state index contributed by atoms with van der Waals surface area (Å²) in [5.41, 5.74) is 3.61. The molecule has 39 heavy (non-hydrogen) atoms. The maximum absolute atomic E-state index is 15.2. The van der Waals surface area contributed by atoms with E-state index in [4.69, 9.17) is 0 Å². The lowest BCUT2D eigenvalue weighted by Gasteiger charge is -2.14. The average molecular weight is 530 g/mol. The van der Waals surface area contributed by atoms with E-state index in [1.54, 1.807) is 47.4 Å². The number of hydrogen-bond acceptors (Lipinski definition) is 4. The van der Waals surface area contributed by atoms with Crippen molar-refractivity contribution in [2.24, 2.45) is 7.05 Å². The molecule has 0 saturated heterocycles. The smallest absolute Gasteiger partial charge is 0.305 e. The summed E-state index contributed by atoms with van der Waals surface area (Å²) >= 11 is 0. The largest absolute Gasteiger partial charge is 0.324 e. The molecule has 0 aliphatic rings. The van der Waals surface area contributed by atoms with Gasteiger partial charge in [-0.1, -0.05) is 45.9 Å². The first-order valence-electron chi connectivity index (χ1n) is 12.6. The lowest BCUT2D eigenvalue weighted by molar-refractivity contribution is 0.262. The predicted molar refractivity (Wildman–Crippen MR) is 148 cm³/mol. The fourth-order valence-electron chi connectivity index (χ4n) is 4.45. The van der Waals surface area contributed by atoms with E-state index in [0.29, 0.717) is 11.3 Å². The molecular weight excluding hydrogens is 500 g/mol. The summed E-state index contributed by atoms with van der Waals surface area (Å²) in [4.78, 5) is 17.2. The second-order valence-electron chi connectivity index (χ2n) is 10.3. The molecule has 8 nitrogen and oxygen atoms in total. The standard InChI is InChI=1S/C29H29F2N7O/c1-6-21-27-18(15-32-16-24(27)37(5)35-21)17-11-12-22(20(31)13-17)33-28(39)34-26-14-25(29(2,3)4)36-38(26)23-10-8-7-9-19(23)30/h7-16H,6H2,1-5H3,(H2,33,34,39). The van der Waals surface area contributed by atoms with Crippen LogP contribution in [-0.4, -0.2) is 30.6 Å². The maximum atomic E-state index is 15.2. The van der Waals surface area contributed by atoms with E-state index in [1.165, 1.54) is 22.9 Å². The lowest BCUT2D eigenvalue weighted by Crippen LogP contribution is -2.22. The summed E-state index contributed by atoms with van der Waals surface area (Å²) in [5.74, 6) is -0.851. The zero-order chi connectivity index (χ0) is 27.9. The number of anilines is 2. The van der Waals surface area contributed by atoms with E-state index in [0.717, 1.165) is 28.6 Å². The quantitative estimate of drug-likeness (QED) is 0.268. The van der Waals surface area contributed by atoms with E-state index in [1.807, 2.05) is 34.7 Å². The molecule has 0 saturated carbocycles. The van der Waals surface area contributed by atoms with Crippen molar-refractivity contribution in [3.8, 4) is 16.8 Å². The molecule has 3 heterocycles. The number of nitrogens with one attached hydrogen (secondary N) is 2. The molecule has 0 fully saturated rings. The number of amides is 2. The van der Waals surface area contributed by atoms with Gasteiger partial charge < -0.3 is 5.32 Å². The van der Waals surface area contributed by atoms with Gasteiger partial charge in [-0.2, -0.15) is 10.2 Å². The van der Waals surface area contributed by atoms with Gasteiger partial charge in [0.2, 0.25) is 0 Å². The van der Waals surface area contributed by atoms with Gasteiger partial charge in [-0.05, 0) is 36.2 Å². The number of aromatic nitrogens is 5. The van der Waals surface area contributed by atoms with Crippen LogP contribution < -0.4 is 10.6 Å². The number of urea groups is 1. The predicted octanol–water partition coefficient (Wildman–Crippen LogP) is 6.60. The number of carbonyl (C=O) groups is 1. The van der Waals surface area contributed by atoms with Crippen molar-refractivity contribution >= 4 is 28.4 Å². The van der Waals surface area contributed by atoms with Gasteiger partial charge in [-0.25, -0.2) is 18.3 Å². The molecule has 2 N–H and O–H groups in total. The highest BCUT2D eigenvalue weighted by molar-refractivity contribution is 6.00. The average Bonchev–Trinajstić information content (AvgIpc) is 3.46. The first-order valence-corrected chi connectivity index (χ1v) is 12.6. The SMILES string of the molecule is CCc1nn(C)c2cncc(-c3ccc(NC(=O)Nc4cc(C(C)(C)C)nn4-c4ccccc4F)c(F)c3)c12. The van der Waals surface area contributed by atoms with Crippen LogP contribution in [0.3, 0.4) is 0 Å². The van der Waals surface area contributed by atoms with Gasteiger partial charge in [0, 0.05) is 35.7 Å². The molecule has 2 amide bonds. The Morgan fingerprint density at radius 3 is 2.44 bits per heavy atom.